The second-order valence-electron chi connectivity index (χ2n) is 9.18. The summed E-state index contributed by atoms with van der Waals surface area (Å²) in [6.45, 7) is 9.27. The number of nitrogens with one attached hydrogen (secondary N) is 1. The zero-order chi connectivity index (χ0) is 22.8. The topological polar surface area (TPSA) is 60.7 Å². The minimum absolute atomic E-state index is 0.0359. The molecule has 1 fully saturated rings. The number of rotatable bonds is 15. The number of unbranched alkanes of at least 4 members (excludes halogenated alkanes) is 7. The Kier molecular flexibility index (Phi) is 9.85. The zero-order valence-electron chi connectivity index (χ0n) is 20.3. The third-order valence-electron chi connectivity index (χ3n) is 6.65. The lowest BCUT2D eigenvalue weighted by molar-refractivity contribution is -0.00487. The van der Waals surface area contributed by atoms with Crippen molar-refractivity contribution in [2.24, 2.45) is 5.92 Å². The Hall–Kier alpha value is -2.08. The van der Waals surface area contributed by atoms with Crippen molar-refractivity contribution in [2.45, 2.75) is 96.7 Å². The molecule has 1 aliphatic rings. The van der Waals surface area contributed by atoms with Gasteiger partial charge in [-0.05, 0) is 31.4 Å². The van der Waals surface area contributed by atoms with Crippen LogP contribution in [0.2, 0.25) is 0 Å². The first-order valence-corrected chi connectivity index (χ1v) is 12.6. The van der Waals surface area contributed by atoms with Crippen molar-refractivity contribution in [3.63, 3.8) is 0 Å². The molecule has 2 aromatic heterocycles. The summed E-state index contributed by atoms with van der Waals surface area (Å²) < 4.78 is 14.3. The van der Waals surface area contributed by atoms with Crippen LogP contribution in [-0.2, 0) is 9.47 Å². The number of fused-ring (bicyclic) bond motifs is 1. The van der Waals surface area contributed by atoms with Crippen LogP contribution in [-0.4, -0.2) is 34.4 Å². The van der Waals surface area contributed by atoms with E-state index in [1.807, 2.05) is 17.6 Å². The zero-order valence-corrected chi connectivity index (χ0v) is 20.3. The highest BCUT2D eigenvalue weighted by atomic mass is 16.5. The lowest BCUT2D eigenvalue weighted by atomic mass is 10.0. The maximum Gasteiger partial charge on any atom is 0.153 e. The van der Waals surface area contributed by atoms with Gasteiger partial charge in [-0.15, -0.1) is 0 Å². The normalized spacial score (nSPS) is 19.3. The molecule has 0 spiro atoms. The molecule has 1 aliphatic heterocycles. The number of hydrogen-bond donors (Lipinski definition) is 1. The highest BCUT2D eigenvalue weighted by Crippen LogP contribution is 2.34. The third-order valence-corrected chi connectivity index (χ3v) is 6.65. The van der Waals surface area contributed by atoms with Crippen LogP contribution < -0.4 is 5.32 Å². The molecular formula is C26H42N4O2. The van der Waals surface area contributed by atoms with E-state index in [2.05, 4.69) is 41.9 Å². The van der Waals surface area contributed by atoms with Crippen LogP contribution in [0.5, 0.6) is 0 Å². The molecule has 1 saturated heterocycles. The van der Waals surface area contributed by atoms with Gasteiger partial charge < -0.3 is 14.8 Å². The molecule has 0 aliphatic carbocycles. The first-order valence-electron chi connectivity index (χ1n) is 12.6. The SMILES string of the molecule is C=C(OCC1CCC(c2ccc3c(NC)ncnn23)O1)C(C)CCCCCCCCCC. The molecule has 32 heavy (non-hydrogen) atoms. The Bertz CT molecular complexity index is 834. The van der Waals surface area contributed by atoms with Crippen molar-refractivity contribution in [3.05, 3.63) is 36.5 Å². The summed E-state index contributed by atoms with van der Waals surface area (Å²) in [7, 11) is 1.87. The lowest BCUT2D eigenvalue weighted by Gasteiger charge is -2.19. The first kappa shape index (κ1) is 24.6. The molecule has 1 N–H and O–H groups in total. The number of allylic oxidation sites excluding steroid dienone is 1. The van der Waals surface area contributed by atoms with E-state index in [4.69, 9.17) is 9.47 Å². The van der Waals surface area contributed by atoms with Gasteiger partial charge in [0.1, 0.15) is 24.6 Å². The standard InChI is InChI=1S/C26H42N4O2/c1-5-6-7-8-9-10-11-12-13-20(2)21(3)31-18-22-14-17-25(32-22)23-15-16-24-26(27-4)28-19-29-30(23)24/h15-16,19-20,22,25H,3,5-14,17-18H2,1-2,4H3,(H,27,28,29). The summed E-state index contributed by atoms with van der Waals surface area (Å²) in [4.78, 5) is 4.28. The second kappa shape index (κ2) is 12.8. The van der Waals surface area contributed by atoms with Crippen LogP contribution in [0.1, 0.15) is 96.3 Å². The van der Waals surface area contributed by atoms with Crippen LogP contribution >= 0.6 is 0 Å². The molecule has 3 unspecified atom stereocenters. The number of aromatic nitrogens is 3. The fourth-order valence-corrected chi connectivity index (χ4v) is 4.52. The molecule has 3 heterocycles. The van der Waals surface area contributed by atoms with E-state index in [1.165, 1.54) is 51.4 Å². The van der Waals surface area contributed by atoms with Gasteiger partial charge in [0, 0.05) is 13.0 Å². The van der Waals surface area contributed by atoms with E-state index in [0.717, 1.165) is 42.1 Å². The van der Waals surface area contributed by atoms with Crippen molar-refractivity contribution in [1.29, 1.82) is 0 Å². The molecule has 6 heteroatoms. The third kappa shape index (κ3) is 6.71. The number of anilines is 1. The van der Waals surface area contributed by atoms with E-state index in [1.54, 1.807) is 6.33 Å². The fraction of sp³-hybridized carbons (Fsp3) is 0.692. The Morgan fingerprint density at radius 1 is 1.19 bits per heavy atom. The van der Waals surface area contributed by atoms with Gasteiger partial charge in [0.15, 0.2) is 5.82 Å². The van der Waals surface area contributed by atoms with Gasteiger partial charge in [0.2, 0.25) is 0 Å². The minimum atomic E-state index is 0.0359. The van der Waals surface area contributed by atoms with Gasteiger partial charge in [-0.25, -0.2) is 9.50 Å². The molecule has 178 valence electrons. The van der Waals surface area contributed by atoms with E-state index < -0.39 is 0 Å². The van der Waals surface area contributed by atoms with Crippen LogP contribution in [0.4, 0.5) is 5.82 Å². The predicted molar refractivity (Wildman–Crippen MR) is 131 cm³/mol. The van der Waals surface area contributed by atoms with Gasteiger partial charge in [-0.3, -0.25) is 0 Å². The van der Waals surface area contributed by atoms with Crippen LogP contribution in [0.25, 0.3) is 5.52 Å². The molecule has 0 saturated carbocycles. The van der Waals surface area contributed by atoms with Crippen molar-refractivity contribution < 1.29 is 9.47 Å². The highest BCUT2D eigenvalue weighted by molar-refractivity contribution is 5.67. The molecule has 0 aromatic carbocycles. The molecule has 0 amide bonds. The van der Waals surface area contributed by atoms with Crippen molar-refractivity contribution in [3.8, 4) is 0 Å². The average Bonchev–Trinajstić information content (AvgIpc) is 3.45. The lowest BCUT2D eigenvalue weighted by Crippen LogP contribution is -2.17. The summed E-state index contributed by atoms with van der Waals surface area (Å²) in [5.41, 5.74) is 2.04. The van der Waals surface area contributed by atoms with E-state index in [0.29, 0.717) is 12.5 Å². The Balaban J connectivity index is 1.35. The number of hydrogen-bond acceptors (Lipinski definition) is 5. The maximum absolute atomic E-state index is 6.30. The predicted octanol–water partition coefficient (Wildman–Crippen LogP) is 6.69. The van der Waals surface area contributed by atoms with Crippen LogP contribution in [0.15, 0.2) is 30.8 Å². The highest BCUT2D eigenvalue weighted by Gasteiger charge is 2.29. The Morgan fingerprint density at radius 3 is 2.69 bits per heavy atom. The molecule has 0 radical (unpaired) electrons. The molecule has 0 bridgehead atoms. The Labute approximate surface area is 193 Å². The van der Waals surface area contributed by atoms with E-state index in [9.17, 15) is 0 Å². The quantitative estimate of drug-likeness (QED) is 0.246. The second-order valence-corrected chi connectivity index (χ2v) is 9.18. The van der Waals surface area contributed by atoms with E-state index >= 15 is 0 Å². The Morgan fingerprint density at radius 2 is 1.94 bits per heavy atom. The molecule has 3 rings (SSSR count). The fourth-order valence-electron chi connectivity index (χ4n) is 4.52. The van der Waals surface area contributed by atoms with Gasteiger partial charge in [0.05, 0.1) is 17.6 Å². The first-order chi connectivity index (χ1) is 15.6. The van der Waals surface area contributed by atoms with Crippen LogP contribution in [0, 0.1) is 5.92 Å². The van der Waals surface area contributed by atoms with E-state index in [-0.39, 0.29) is 12.2 Å². The van der Waals surface area contributed by atoms with Crippen molar-refractivity contribution >= 4 is 11.3 Å². The van der Waals surface area contributed by atoms with Crippen LogP contribution in [0.3, 0.4) is 0 Å². The van der Waals surface area contributed by atoms with Crippen molar-refractivity contribution in [1.82, 2.24) is 14.6 Å². The monoisotopic (exact) mass is 442 g/mol. The summed E-state index contributed by atoms with van der Waals surface area (Å²) in [5.74, 6) is 2.13. The number of ether oxygens (including phenoxy) is 2. The van der Waals surface area contributed by atoms with Gasteiger partial charge in [-0.2, -0.15) is 5.10 Å². The minimum Gasteiger partial charge on any atom is -0.496 e. The molecular weight excluding hydrogens is 400 g/mol. The van der Waals surface area contributed by atoms with Gasteiger partial charge >= 0.3 is 0 Å². The largest absolute Gasteiger partial charge is 0.496 e. The summed E-state index contributed by atoms with van der Waals surface area (Å²) in [6, 6.07) is 4.13. The summed E-state index contributed by atoms with van der Waals surface area (Å²) in [5, 5.41) is 7.53. The summed E-state index contributed by atoms with van der Waals surface area (Å²) >= 11 is 0. The molecule has 2 aromatic rings. The summed E-state index contributed by atoms with van der Waals surface area (Å²) in [6.07, 6.45) is 15.6. The maximum atomic E-state index is 6.30. The molecule has 3 atom stereocenters. The smallest absolute Gasteiger partial charge is 0.153 e. The van der Waals surface area contributed by atoms with Gasteiger partial charge in [0.25, 0.3) is 0 Å². The van der Waals surface area contributed by atoms with Crippen molar-refractivity contribution in [2.75, 3.05) is 19.0 Å². The number of nitrogens with zero attached hydrogens (tertiary/aromatic N) is 3. The average molecular weight is 443 g/mol. The molecule has 6 nitrogen and oxygen atoms in total. The van der Waals surface area contributed by atoms with Gasteiger partial charge in [-0.1, -0.05) is 71.8 Å².